The molecule has 0 radical (unpaired) electrons. The molecule has 1 aliphatic heterocycles. The van der Waals surface area contributed by atoms with E-state index in [1.165, 1.54) is 0 Å². The van der Waals surface area contributed by atoms with Crippen LogP contribution >= 0.6 is 11.3 Å². The number of nitrogens with one attached hydrogen (secondary N) is 1. The zero-order valence-electron chi connectivity index (χ0n) is 6.25. The van der Waals surface area contributed by atoms with Crippen LogP contribution in [0.15, 0.2) is 16.8 Å². The smallest absolute Gasteiger partial charge is 0.130 e. The Labute approximate surface area is 70.2 Å². The number of hydrogen-bond acceptors (Lipinski definition) is 3. The Kier molecular flexibility index (Phi) is 2.10. The van der Waals surface area contributed by atoms with Gasteiger partial charge < -0.3 is 10.1 Å². The predicted octanol–water partition coefficient (Wildman–Crippen LogP) is 1.49. The van der Waals surface area contributed by atoms with E-state index in [1.54, 1.807) is 11.3 Å². The summed E-state index contributed by atoms with van der Waals surface area (Å²) in [7, 11) is 0. The van der Waals surface area contributed by atoms with Gasteiger partial charge in [-0.15, -0.1) is 11.3 Å². The molecule has 2 heterocycles. The number of ether oxygens (including phenoxy) is 1. The molecule has 2 nitrogen and oxygen atoms in total. The van der Waals surface area contributed by atoms with Crippen LogP contribution in [-0.4, -0.2) is 19.2 Å². The van der Waals surface area contributed by atoms with Gasteiger partial charge in [0.25, 0.3) is 0 Å². The van der Waals surface area contributed by atoms with Crippen LogP contribution in [0.5, 0.6) is 5.75 Å². The molecule has 1 aromatic heterocycles. The summed E-state index contributed by atoms with van der Waals surface area (Å²) < 4.78 is 5.66. The second-order valence-corrected chi connectivity index (χ2v) is 3.47. The third-order valence-corrected chi connectivity index (χ3v) is 2.47. The molecule has 1 aromatic rings. The van der Waals surface area contributed by atoms with Crippen LogP contribution in [-0.2, 0) is 0 Å². The molecule has 3 heteroatoms. The van der Waals surface area contributed by atoms with Crippen LogP contribution in [0.2, 0.25) is 0 Å². The molecule has 1 N–H and O–H groups in total. The minimum Gasteiger partial charge on any atom is -0.488 e. The van der Waals surface area contributed by atoms with Crippen molar-refractivity contribution in [2.45, 2.75) is 12.5 Å². The second kappa shape index (κ2) is 3.24. The summed E-state index contributed by atoms with van der Waals surface area (Å²) in [6.45, 7) is 2.09. The first-order chi connectivity index (χ1) is 5.45. The van der Waals surface area contributed by atoms with Gasteiger partial charge in [-0.3, -0.25) is 0 Å². The molecular weight excluding hydrogens is 158 g/mol. The molecule has 0 aromatic carbocycles. The van der Waals surface area contributed by atoms with E-state index in [4.69, 9.17) is 4.74 Å². The number of hydrogen-bond donors (Lipinski definition) is 1. The van der Waals surface area contributed by atoms with E-state index < -0.39 is 0 Å². The van der Waals surface area contributed by atoms with Crippen molar-refractivity contribution in [1.29, 1.82) is 0 Å². The Morgan fingerprint density at radius 3 is 3.27 bits per heavy atom. The van der Waals surface area contributed by atoms with Gasteiger partial charge in [-0.25, -0.2) is 0 Å². The first-order valence-corrected chi connectivity index (χ1v) is 4.79. The fraction of sp³-hybridized carbons (Fsp3) is 0.500. The van der Waals surface area contributed by atoms with Crippen molar-refractivity contribution in [3.8, 4) is 5.75 Å². The van der Waals surface area contributed by atoms with Gasteiger partial charge in [-0.05, 0) is 24.4 Å². The van der Waals surface area contributed by atoms with Crippen LogP contribution in [0.1, 0.15) is 6.42 Å². The molecule has 1 saturated heterocycles. The summed E-state index contributed by atoms with van der Waals surface area (Å²) in [4.78, 5) is 0. The van der Waals surface area contributed by atoms with Crippen molar-refractivity contribution in [1.82, 2.24) is 5.32 Å². The lowest BCUT2D eigenvalue weighted by Gasteiger charge is -2.09. The lowest BCUT2D eigenvalue weighted by molar-refractivity contribution is 0.224. The lowest BCUT2D eigenvalue weighted by atomic mass is 10.3. The van der Waals surface area contributed by atoms with E-state index >= 15 is 0 Å². The molecule has 0 amide bonds. The molecule has 11 heavy (non-hydrogen) atoms. The highest BCUT2D eigenvalue weighted by molar-refractivity contribution is 7.08. The summed E-state index contributed by atoms with van der Waals surface area (Å²) in [5, 5.41) is 7.34. The third-order valence-electron chi connectivity index (χ3n) is 1.81. The summed E-state index contributed by atoms with van der Waals surface area (Å²) >= 11 is 1.68. The molecule has 1 unspecified atom stereocenters. The normalized spacial score (nSPS) is 23.8. The Hall–Kier alpha value is -0.540. The molecule has 1 fully saturated rings. The van der Waals surface area contributed by atoms with Crippen molar-refractivity contribution in [3.05, 3.63) is 16.8 Å². The van der Waals surface area contributed by atoms with Crippen molar-refractivity contribution in [3.63, 3.8) is 0 Å². The van der Waals surface area contributed by atoms with Crippen molar-refractivity contribution >= 4 is 11.3 Å². The number of thiophene rings is 1. The maximum Gasteiger partial charge on any atom is 0.130 e. The minimum absolute atomic E-state index is 0.393. The van der Waals surface area contributed by atoms with E-state index in [9.17, 15) is 0 Å². The van der Waals surface area contributed by atoms with Crippen LogP contribution in [0.25, 0.3) is 0 Å². The van der Waals surface area contributed by atoms with Gasteiger partial charge in [-0.2, -0.15) is 0 Å². The first kappa shape index (κ1) is 7.13. The molecule has 0 spiro atoms. The SMILES string of the molecule is c1cc(OC2CCNC2)cs1. The maximum atomic E-state index is 5.66. The minimum atomic E-state index is 0.393. The highest BCUT2D eigenvalue weighted by Crippen LogP contribution is 2.18. The van der Waals surface area contributed by atoms with E-state index in [2.05, 4.69) is 5.32 Å². The molecule has 0 saturated carbocycles. The van der Waals surface area contributed by atoms with Crippen molar-refractivity contribution in [2.75, 3.05) is 13.1 Å². The summed E-state index contributed by atoms with van der Waals surface area (Å²) in [5.74, 6) is 1.02. The van der Waals surface area contributed by atoms with Crippen molar-refractivity contribution in [2.24, 2.45) is 0 Å². The molecular formula is C8H11NOS. The Bertz CT molecular complexity index is 204. The Balaban J connectivity index is 1.90. The van der Waals surface area contributed by atoms with Crippen LogP contribution in [0, 0.1) is 0 Å². The number of rotatable bonds is 2. The van der Waals surface area contributed by atoms with Gasteiger partial charge in [0.15, 0.2) is 0 Å². The second-order valence-electron chi connectivity index (χ2n) is 2.69. The maximum absolute atomic E-state index is 5.66. The van der Waals surface area contributed by atoms with E-state index in [-0.39, 0.29) is 0 Å². The lowest BCUT2D eigenvalue weighted by Crippen LogP contribution is -2.19. The van der Waals surface area contributed by atoms with Gasteiger partial charge >= 0.3 is 0 Å². The molecule has 60 valence electrons. The summed E-state index contributed by atoms with van der Waals surface area (Å²) in [5.41, 5.74) is 0. The van der Waals surface area contributed by atoms with Crippen molar-refractivity contribution < 1.29 is 4.74 Å². The quantitative estimate of drug-likeness (QED) is 0.724. The molecule has 2 rings (SSSR count). The van der Waals surface area contributed by atoms with Gasteiger partial charge in [0, 0.05) is 11.9 Å². The zero-order valence-corrected chi connectivity index (χ0v) is 7.06. The van der Waals surface area contributed by atoms with Gasteiger partial charge in [0.1, 0.15) is 11.9 Å². The molecule has 1 aliphatic rings. The zero-order chi connectivity index (χ0) is 7.52. The van der Waals surface area contributed by atoms with Gasteiger partial charge in [0.2, 0.25) is 0 Å². The Morgan fingerprint density at radius 1 is 1.64 bits per heavy atom. The monoisotopic (exact) mass is 169 g/mol. The van der Waals surface area contributed by atoms with Gasteiger partial charge in [-0.1, -0.05) is 0 Å². The third kappa shape index (κ3) is 1.73. The van der Waals surface area contributed by atoms with Crippen LogP contribution in [0.3, 0.4) is 0 Å². The summed E-state index contributed by atoms with van der Waals surface area (Å²) in [6.07, 6.45) is 1.53. The fourth-order valence-electron chi connectivity index (χ4n) is 1.24. The van der Waals surface area contributed by atoms with E-state index in [0.717, 1.165) is 25.3 Å². The largest absolute Gasteiger partial charge is 0.488 e. The van der Waals surface area contributed by atoms with Crippen LogP contribution < -0.4 is 10.1 Å². The molecule has 1 atom stereocenters. The van der Waals surface area contributed by atoms with Crippen LogP contribution in [0.4, 0.5) is 0 Å². The summed E-state index contributed by atoms with van der Waals surface area (Å²) in [6, 6.07) is 2.02. The fourth-order valence-corrected chi connectivity index (χ4v) is 1.80. The van der Waals surface area contributed by atoms with E-state index in [0.29, 0.717) is 6.10 Å². The molecule has 0 bridgehead atoms. The van der Waals surface area contributed by atoms with Gasteiger partial charge in [0.05, 0.1) is 0 Å². The highest BCUT2D eigenvalue weighted by atomic mass is 32.1. The molecule has 0 aliphatic carbocycles. The topological polar surface area (TPSA) is 21.3 Å². The van der Waals surface area contributed by atoms with E-state index in [1.807, 2.05) is 16.8 Å². The first-order valence-electron chi connectivity index (χ1n) is 3.85. The standard InChI is InChI=1S/C8H11NOS/c1-3-9-5-7(1)10-8-2-4-11-6-8/h2,4,6-7,9H,1,3,5H2. The predicted molar refractivity (Wildman–Crippen MR) is 46.2 cm³/mol. The highest BCUT2D eigenvalue weighted by Gasteiger charge is 2.15. The average molecular weight is 169 g/mol. The average Bonchev–Trinajstić information content (AvgIpc) is 2.60. The Morgan fingerprint density at radius 2 is 2.64 bits per heavy atom.